The number of nitrogen functional groups attached to an aromatic ring is 2. The third-order valence-electron chi connectivity index (χ3n) is 3.95. The highest BCUT2D eigenvalue weighted by molar-refractivity contribution is 5.55. The molecule has 0 unspecified atom stereocenters. The smallest absolute Gasteiger partial charge is 0.399 e. The maximum atomic E-state index is 13.9. The highest BCUT2D eigenvalue weighted by Gasteiger charge is 2.73. The van der Waals surface area contributed by atoms with E-state index < -0.39 is 46.3 Å². The van der Waals surface area contributed by atoms with Crippen LogP contribution in [0.2, 0.25) is 0 Å². The Morgan fingerprint density at radius 3 is 1.41 bits per heavy atom. The van der Waals surface area contributed by atoms with Crippen LogP contribution in [-0.4, -0.2) is 12.4 Å². The first-order valence-electron chi connectivity index (χ1n) is 7.09. The predicted octanol–water partition coefficient (Wildman–Crippen LogP) is 5.28. The molecule has 0 aromatic heterocycles. The summed E-state index contributed by atoms with van der Waals surface area (Å²) in [5.41, 5.74) is -0.887. The first-order valence-corrected chi connectivity index (χ1v) is 7.09. The molecule has 0 saturated carbocycles. The van der Waals surface area contributed by atoms with Gasteiger partial charge >= 0.3 is 18.5 Å². The first-order chi connectivity index (χ1) is 12.1. The average molecular weight is 402 g/mol. The molecule has 148 valence electrons. The summed E-state index contributed by atoms with van der Waals surface area (Å²) in [4.78, 5) is 0. The van der Waals surface area contributed by atoms with E-state index in [1.165, 1.54) is 0 Å². The lowest BCUT2D eigenvalue weighted by atomic mass is 9.71. The quantitative estimate of drug-likeness (QED) is 0.531. The number of benzene rings is 2. The average Bonchev–Trinajstić information content (AvgIpc) is 2.47. The number of rotatable bonds is 2. The second-order valence-electron chi connectivity index (χ2n) is 5.67. The van der Waals surface area contributed by atoms with Crippen molar-refractivity contribution in [2.24, 2.45) is 0 Å². The molecular weight excluding hydrogens is 391 g/mol. The van der Waals surface area contributed by atoms with Gasteiger partial charge in [-0.2, -0.15) is 39.5 Å². The van der Waals surface area contributed by atoms with Gasteiger partial charge in [-0.05, 0) is 35.4 Å². The van der Waals surface area contributed by atoms with Gasteiger partial charge in [0, 0.05) is 11.4 Å². The van der Waals surface area contributed by atoms with Gasteiger partial charge < -0.3 is 11.5 Å². The van der Waals surface area contributed by atoms with Crippen LogP contribution in [0.5, 0.6) is 0 Å². The van der Waals surface area contributed by atoms with Gasteiger partial charge in [0.1, 0.15) is 0 Å². The second kappa shape index (κ2) is 6.24. The molecule has 4 N–H and O–H groups in total. The van der Waals surface area contributed by atoms with Gasteiger partial charge in [-0.15, -0.1) is 0 Å². The molecule has 0 atom stereocenters. The highest BCUT2D eigenvalue weighted by Crippen LogP contribution is 2.58. The number of nitrogens with two attached hydrogens (primary N) is 2. The van der Waals surface area contributed by atoms with E-state index in [4.69, 9.17) is 11.5 Å². The van der Waals surface area contributed by atoms with Crippen LogP contribution in [0.1, 0.15) is 16.7 Å². The third kappa shape index (κ3) is 3.37. The number of anilines is 2. The molecule has 0 bridgehead atoms. The monoisotopic (exact) mass is 402 g/mol. The minimum Gasteiger partial charge on any atom is -0.399 e. The second-order valence-corrected chi connectivity index (χ2v) is 5.67. The molecule has 0 saturated heterocycles. The van der Waals surface area contributed by atoms with Crippen LogP contribution >= 0.6 is 0 Å². The SMILES string of the molecule is Nc1ccc(C(c2ccc(N)cc2C(F)(F)F)(C(F)(F)F)C(F)(F)F)cc1. The van der Waals surface area contributed by atoms with Crippen molar-refractivity contribution in [2.45, 2.75) is 23.9 Å². The van der Waals surface area contributed by atoms with Crippen LogP contribution in [0.3, 0.4) is 0 Å². The lowest BCUT2D eigenvalue weighted by molar-refractivity contribution is -0.289. The van der Waals surface area contributed by atoms with Crippen LogP contribution in [-0.2, 0) is 11.6 Å². The fourth-order valence-electron chi connectivity index (χ4n) is 2.81. The Hall–Kier alpha value is -2.59. The zero-order valence-electron chi connectivity index (χ0n) is 13.1. The zero-order chi connectivity index (χ0) is 20.8. The summed E-state index contributed by atoms with van der Waals surface area (Å²) < 4.78 is 123. The molecule has 27 heavy (non-hydrogen) atoms. The van der Waals surface area contributed by atoms with Crippen molar-refractivity contribution in [1.29, 1.82) is 0 Å². The van der Waals surface area contributed by atoms with Crippen molar-refractivity contribution in [3.05, 3.63) is 59.2 Å². The van der Waals surface area contributed by atoms with Gasteiger partial charge in [0.2, 0.25) is 5.41 Å². The molecule has 0 amide bonds. The Morgan fingerprint density at radius 1 is 0.556 bits per heavy atom. The van der Waals surface area contributed by atoms with Crippen LogP contribution in [0.25, 0.3) is 0 Å². The first kappa shape index (κ1) is 20.7. The van der Waals surface area contributed by atoms with Crippen LogP contribution in [0.15, 0.2) is 42.5 Å². The summed E-state index contributed by atoms with van der Waals surface area (Å²) in [5.74, 6) is 0. The summed E-state index contributed by atoms with van der Waals surface area (Å²) in [5, 5.41) is 0. The summed E-state index contributed by atoms with van der Waals surface area (Å²) >= 11 is 0. The third-order valence-corrected chi connectivity index (χ3v) is 3.95. The highest BCUT2D eigenvalue weighted by atomic mass is 19.4. The van der Waals surface area contributed by atoms with Gasteiger partial charge in [0.15, 0.2) is 0 Å². The van der Waals surface area contributed by atoms with E-state index >= 15 is 0 Å². The molecule has 0 aliphatic heterocycles. The van der Waals surface area contributed by atoms with Crippen LogP contribution in [0.4, 0.5) is 50.9 Å². The minimum absolute atomic E-state index is 0.0405. The summed E-state index contributed by atoms with van der Waals surface area (Å²) in [7, 11) is 0. The molecule has 2 rings (SSSR count). The standard InChI is InChI=1S/C16H11F9N2/c17-14(18,19)12-7-10(27)5-6-11(12)13(15(20,21)22,16(23,24)25)8-1-3-9(26)4-2-8/h1-7H,26-27H2. The lowest BCUT2D eigenvalue weighted by Gasteiger charge is -2.39. The van der Waals surface area contributed by atoms with Gasteiger partial charge in [-0.25, -0.2) is 0 Å². The van der Waals surface area contributed by atoms with E-state index in [9.17, 15) is 39.5 Å². The number of halogens is 9. The predicted molar refractivity (Wildman–Crippen MR) is 79.6 cm³/mol. The van der Waals surface area contributed by atoms with E-state index in [-0.39, 0.29) is 17.8 Å². The molecule has 0 aliphatic rings. The van der Waals surface area contributed by atoms with Gasteiger partial charge in [-0.3, -0.25) is 0 Å². The Labute approximate surface area is 146 Å². The van der Waals surface area contributed by atoms with Gasteiger partial charge in [-0.1, -0.05) is 18.2 Å². The normalized spacial score (nSPS) is 13.7. The van der Waals surface area contributed by atoms with Crippen molar-refractivity contribution >= 4 is 11.4 Å². The summed E-state index contributed by atoms with van der Waals surface area (Å²) in [6, 6.07) is 2.96. The van der Waals surface area contributed by atoms with E-state index in [1.807, 2.05) is 0 Å². The largest absolute Gasteiger partial charge is 0.416 e. The molecule has 2 aromatic carbocycles. The number of hydrogen-bond acceptors (Lipinski definition) is 2. The Balaban J connectivity index is 3.06. The van der Waals surface area contributed by atoms with Gasteiger partial charge in [0.25, 0.3) is 0 Å². The van der Waals surface area contributed by atoms with Crippen LogP contribution in [0, 0.1) is 0 Å². The minimum atomic E-state index is -6.16. The number of hydrogen-bond donors (Lipinski definition) is 2. The molecule has 0 aliphatic carbocycles. The Bertz CT molecular complexity index is 804. The summed E-state index contributed by atoms with van der Waals surface area (Å²) in [6.07, 6.45) is -17.8. The molecule has 0 fully saturated rings. The molecule has 2 nitrogen and oxygen atoms in total. The Morgan fingerprint density at radius 2 is 1.00 bits per heavy atom. The van der Waals surface area contributed by atoms with Crippen molar-refractivity contribution in [3.8, 4) is 0 Å². The maximum Gasteiger partial charge on any atom is 0.416 e. The zero-order valence-corrected chi connectivity index (χ0v) is 13.1. The van der Waals surface area contributed by atoms with E-state index in [1.54, 1.807) is 0 Å². The molecule has 11 heteroatoms. The number of alkyl halides is 9. The summed E-state index contributed by atoms with van der Waals surface area (Å²) in [6.45, 7) is 0. The lowest BCUT2D eigenvalue weighted by Crippen LogP contribution is -2.55. The van der Waals surface area contributed by atoms with E-state index in [2.05, 4.69) is 0 Å². The molecular formula is C16H11F9N2. The fourth-order valence-corrected chi connectivity index (χ4v) is 2.81. The van der Waals surface area contributed by atoms with Crippen molar-refractivity contribution in [3.63, 3.8) is 0 Å². The van der Waals surface area contributed by atoms with Gasteiger partial charge in [0.05, 0.1) is 5.56 Å². The van der Waals surface area contributed by atoms with Crippen molar-refractivity contribution in [2.75, 3.05) is 11.5 Å². The maximum absolute atomic E-state index is 13.9. The van der Waals surface area contributed by atoms with E-state index in [0.717, 1.165) is 12.1 Å². The van der Waals surface area contributed by atoms with Crippen molar-refractivity contribution in [1.82, 2.24) is 0 Å². The Kier molecular flexibility index (Phi) is 4.79. The molecule has 0 spiro atoms. The van der Waals surface area contributed by atoms with E-state index in [0.29, 0.717) is 18.2 Å². The van der Waals surface area contributed by atoms with Crippen molar-refractivity contribution < 1.29 is 39.5 Å². The topological polar surface area (TPSA) is 52.0 Å². The van der Waals surface area contributed by atoms with Crippen LogP contribution < -0.4 is 11.5 Å². The molecule has 0 radical (unpaired) electrons. The molecule has 2 aromatic rings. The fraction of sp³-hybridized carbons (Fsp3) is 0.250. The molecule has 0 heterocycles.